The summed E-state index contributed by atoms with van der Waals surface area (Å²) in [6, 6.07) is 0. The van der Waals surface area contributed by atoms with Crippen molar-refractivity contribution in [2.75, 3.05) is 18.1 Å². The average Bonchev–Trinajstić information content (AvgIpc) is 1.89. The number of hydrogen-bond donors (Lipinski definition) is 1. The van der Waals surface area contributed by atoms with Crippen LogP contribution in [0, 0.1) is 5.41 Å². The molecule has 0 radical (unpaired) electrons. The van der Waals surface area contributed by atoms with Gasteiger partial charge in [-0.1, -0.05) is 27.2 Å². The normalized spacial score (nSPS) is 12.0. The molecular weight excluding hydrogens is 144 g/mol. The molecule has 0 unspecified atom stereocenters. The number of thioether (sulfide) groups is 1. The van der Waals surface area contributed by atoms with Crippen molar-refractivity contribution in [2.45, 2.75) is 27.2 Å². The third kappa shape index (κ3) is 5.12. The first kappa shape index (κ1) is 10.3. The van der Waals surface area contributed by atoms with Gasteiger partial charge in [0.15, 0.2) is 0 Å². The van der Waals surface area contributed by atoms with Gasteiger partial charge in [0.05, 0.1) is 6.61 Å². The standard InChI is InChI=1S/C8H18OS/c1-4-8(2,3)7-10-6-5-9/h9H,4-7H2,1-3H3. The summed E-state index contributed by atoms with van der Waals surface area (Å²) in [6.45, 7) is 7.04. The fourth-order valence-electron chi connectivity index (χ4n) is 0.515. The Morgan fingerprint density at radius 1 is 1.40 bits per heavy atom. The van der Waals surface area contributed by atoms with Crippen LogP contribution in [0.3, 0.4) is 0 Å². The van der Waals surface area contributed by atoms with Gasteiger partial charge in [-0.25, -0.2) is 0 Å². The van der Waals surface area contributed by atoms with Crippen LogP contribution in [-0.4, -0.2) is 23.2 Å². The van der Waals surface area contributed by atoms with Gasteiger partial charge in [0.1, 0.15) is 0 Å². The molecule has 0 spiro atoms. The van der Waals surface area contributed by atoms with Crippen molar-refractivity contribution in [1.29, 1.82) is 0 Å². The van der Waals surface area contributed by atoms with Gasteiger partial charge < -0.3 is 5.11 Å². The van der Waals surface area contributed by atoms with Gasteiger partial charge in [0.2, 0.25) is 0 Å². The molecule has 0 aliphatic carbocycles. The third-order valence-corrected chi connectivity index (χ3v) is 3.14. The zero-order valence-corrected chi connectivity index (χ0v) is 8.00. The van der Waals surface area contributed by atoms with Gasteiger partial charge in [-0.3, -0.25) is 0 Å². The maximum atomic E-state index is 8.51. The minimum Gasteiger partial charge on any atom is -0.396 e. The Bertz CT molecular complexity index is 81.3. The van der Waals surface area contributed by atoms with Crippen LogP contribution in [-0.2, 0) is 0 Å². The Morgan fingerprint density at radius 2 is 2.00 bits per heavy atom. The molecule has 0 aliphatic heterocycles. The van der Waals surface area contributed by atoms with Crippen molar-refractivity contribution in [3.05, 3.63) is 0 Å². The van der Waals surface area contributed by atoms with Crippen molar-refractivity contribution in [2.24, 2.45) is 5.41 Å². The first-order valence-electron chi connectivity index (χ1n) is 3.81. The van der Waals surface area contributed by atoms with E-state index in [-0.39, 0.29) is 0 Å². The molecular formula is C8H18OS. The molecule has 0 amide bonds. The molecule has 0 rings (SSSR count). The SMILES string of the molecule is CCC(C)(C)CSCCO. The Labute approximate surface area is 68.2 Å². The van der Waals surface area contributed by atoms with E-state index in [1.165, 1.54) is 6.42 Å². The Morgan fingerprint density at radius 3 is 2.40 bits per heavy atom. The first-order chi connectivity index (χ1) is 4.62. The van der Waals surface area contributed by atoms with E-state index >= 15 is 0 Å². The summed E-state index contributed by atoms with van der Waals surface area (Å²) in [5, 5.41) is 8.51. The van der Waals surface area contributed by atoms with Crippen molar-refractivity contribution in [3.8, 4) is 0 Å². The molecule has 0 atom stereocenters. The summed E-state index contributed by atoms with van der Waals surface area (Å²) in [7, 11) is 0. The Kier molecular flexibility index (Phi) is 5.18. The lowest BCUT2D eigenvalue weighted by atomic mass is 9.93. The Balaban J connectivity index is 3.28. The highest BCUT2D eigenvalue weighted by atomic mass is 32.2. The minimum absolute atomic E-state index is 0.310. The second-order valence-electron chi connectivity index (χ2n) is 3.29. The van der Waals surface area contributed by atoms with Crippen LogP contribution in [0.5, 0.6) is 0 Å². The van der Waals surface area contributed by atoms with E-state index in [1.54, 1.807) is 0 Å². The predicted octanol–water partition coefficient (Wildman–Crippen LogP) is 2.15. The maximum absolute atomic E-state index is 8.51. The van der Waals surface area contributed by atoms with Crippen molar-refractivity contribution >= 4 is 11.8 Å². The van der Waals surface area contributed by atoms with Gasteiger partial charge >= 0.3 is 0 Å². The van der Waals surface area contributed by atoms with Gasteiger partial charge in [0.25, 0.3) is 0 Å². The van der Waals surface area contributed by atoms with Crippen LogP contribution in [0.4, 0.5) is 0 Å². The van der Waals surface area contributed by atoms with E-state index in [4.69, 9.17) is 5.11 Å². The van der Waals surface area contributed by atoms with Crippen molar-refractivity contribution in [3.63, 3.8) is 0 Å². The highest BCUT2D eigenvalue weighted by molar-refractivity contribution is 7.99. The number of rotatable bonds is 5. The van der Waals surface area contributed by atoms with Crippen LogP contribution in [0.15, 0.2) is 0 Å². The van der Waals surface area contributed by atoms with E-state index in [9.17, 15) is 0 Å². The van der Waals surface area contributed by atoms with Gasteiger partial charge in [0, 0.05) is 5.75 Å². The third-order valence-electron chi connectivity index (χ3n) is 1.69. The van der Waals surface area contributed by atoms with E-state index in [2.05, 4.69) is 20.8 Å². The van der Waals surface area contributed by atoms with Crippen LogP contribution < -0.4 is 0 Å². The van der Waals surface area contributed by atoms with Gasteiger partial charge in [-0.05, 0) is 11.2 Å². The van der Waals surface area contributed by atoms with E-state index < -0.39 is 0 Å². The topological polar surface area (TPSA) is 20.2 Å². The molecule has 10 heavy (non-hydrogen) atoms. The zero-order chi connectivity index (χ0) is 8.04. The second kappa shape index (κ2) is 5.03. The summed E-state index contributed by atoms with van der Waals surface area (Å²) in [6.07, 6.45) is 1.21. The molecule has 0 aliphatic rings. The summed E-state index contributed by atoms with van der Waals surface area (Å²) < 4.78 is 0. The quantitative estimate of drug-likeness (QED) is 0.625. The molecule has 62 valence electrons. The number of hydrogen-bond acceptors (Lipinski definition) is 2. The average molecular weight is 162 g/mol. The lowest BCUT2D eigenvalue weighted by molar-refractivity contribution is 0.322. The fourth-order valence-corrected chi connectivity index (χ4v) is 1.55. The summed E-state index contributed by atoms with van der Waals surface area (Å²) in [4.78, 5) is 0. The minimum atomic E-state index is 0.310. The maximum Gasteiger partial charge on any atom is 0.0521 e. The molecule has 0 aromatic carbocycles. The van der Waals surface area contributed by atoms with Crippen molar-refractivity contribution < 1.29 is 5.11 Å². The summed E-state index contributed by atoms with van der Waals surface area (Å²) >= 11 is 1.83. The second-order valence-corrected chi connectivity index (χ2v) is 4.40. The summed E-state index contributed by atoms with van der Waals surface area (Å²) in [5.74, 6) is 2.04. The van der Waals surface area contributed by atoms with Gasteiger partial charge in [-0.2, -0.15) is 11.8 Å². The largest absolute Gasteiger partial charge is 0.396 e. The molecule has 0 aromatic rings. The number of aliphatic hydroxyl groups is 1. The predicted molar refractivity (Wildman–Crippen MR) is 48.5 cm³/mol. The molecule has 0 saturated carbocycles. The Hall–Kier alpha value is 0.310. The fraction of sp³-hybridized carbons (Fsp3) is 1.00. The van der Waals surface area contributed by atoms with Crippen LogP contribution in [0.2, 0.25) is 0 Å². The highest BCUT2D eigenvalue weighted by Gasteiger charge is 2.13. The van der Waals surface area contributed by atoms with Gasteiger partial charge in [-0.15, -0.1) is 0 Å². The lowest BCUT2D eigenvalue weighted by Gasteiger charge is -2.21. The molecule has 1 N–H and O–H groups in total. The lowest BCUT2D eigenvalue weighted by Crippen LogP contribution is -2.13. The molecule has 0 saturated heterocycles. The van der Waals surface area contributed by atoms with E-state index in [1.807, 2.05) is 11.8 Å². The van der Waals surface area contributed by atoms with Crippen LogP contribution in [0.25, 0.3) is 0 Å². The smallest absolute Gasteiger partial charge is 0.0521 e. The molecule has 0 fully saturated rings. The molecule has 1 nitrogen and oxygen atoms in total. The number of aliphatic hydroxyl groups excluding tert-OH is 1. The first-order valence-corrected chi connectivity index (χ1v) is 4.96. The molecule has 0 aromatic heterocycles. The van der Waals surface area contributed by atoms with Crippen LogP contribution >= 0.6 is 11.8 Å². The monoisotopic (exact) mass is 162 g/mol. The van der Waals surface area contributed by atoms with Crippen molar-refractivity contribution in [1.82, 2.24) is 0 Å². The summed E-state index contributed by atoms with van der Waals surface area (Å²) in [5.41, 5.74) is 0.444. The van der Waals surface area contributed by atoms with E-state index in [0.717, 1.165) is 11.5 Å². The van der Waals surface area contributed by atoms with E-state index in [0.29, 0.717) is 12.0 Å². The highest BCUT2D eigenvalue weighted by Crippen LogP contribution is 2.24. The molecule has 2 heteroatoms. The molecule has 0 bridgehead atoms. The molecule has 0 heterocycles. The zero-order valence-electron chi connectivity index (χ0n) is 7.18. The van der Waals surface area contributed by atoms with Crippen LogP contribution in [0.1, 0.15) is 27.2 Å².